The van der Waals surface area contributed by atoms with Crippen LogP contribution in [-0.4, -0.2) is 60.3 Å². The zero-order valence-corrected chi connectivity index (χ0v) is 21.0. The molecule has 0 spiro atoms. The minimum atomic E-state index is -3.94. The molecule has 2 aromatic rings. The first kappa shape index (κ1) is 26.8. The molecule has 192 valence electrons. The number of aliphatic hydroxyl groups is 1. The summed E-state index contributed by atoms with van der Waals surface area (Å²) in [6, 6.07) is 5.91. The minimum Gasteiger partial charge on any atom is -0.381 e. The summed E-state index contributed by atoms with van der Waals surface area (Å²) in [6.07, 6.45) is 3.63. The number of aliphatic hydroxyl groups excluding tert-OH is 1. The second-order valence-electron chi connectivity index (χ2n) is 9.34. The van der Waals surface area contributed by atoms with E-state index in [0.29, 0.717) is 32.2 Å². The van der Waals surface area contributed by atoms with Gasteiger partial charge in [-0.05, 0) is 62.1 Å². The van der Waals surface area contributed by atoms with Gasteiger partial charge in [-0.3, -0.25) is 14.7 Å². The molecule has 35 heavy (non-hydrogen) atoms. The lowest BCUT2D eigenvalue weighted by Gasteiger charge is -2.27. The maximum atomic E-state index is 13.2. The molecule has 0 saturated heterocycles. The number of H-pyrrole nitrogens is 1. The van der Waals surface area contributed by atoms with Crippen LogP contribution in [0.2, 0.25) is 0 Å². The number of amides is 2. The van der Waals surface area contributed by atoms with Crippen LogP contribution in [-0.2, 0) is 32.5 Å². The summed E-state index contributed by atoms with van der Waals surface area (Å²) in [5.41, 5.74) is 2.10. The van der Waals surface area contributed by atoms with Gasteiger partial charge in [0.25, 0.3) is 5.91 Å². The number of benzene rings is 1. The van der Waals surface area contributed by atoms with Crippen molar-refractivity contribution in [3.05, 3.63) is 47.8 Å². The lowest BCUT2D eigenvalue weighted by Crippen LogP contribution is -2.55. The van der Waals surface area contributed by atoms with Gasteiger partial charge in [0, 0.05) is 12.2 Å². The molecule has 0 bridgehead atoms. The number of hydrogen-bond acceptors (Lipinski definition) is 6. The van der Waals surface area contributed by atoms with E-state index in [1.165, 1.54) is 12.1 Å². The summed E-state index contributed by atoms with van der Waals surface area (Å²) >= 11 is 0. The molecule has 0 radical (unpaired) electrons. The largest absolute Gasteiger partial charge is 0.381 e. The van der Waals surface area contributed by atoms with Gasteiger partial charge < -0.3 is 15.7 Å². The number of aryl methyl sites for hydroxylation is 2. The number of nitrogens with one attached hydrogen (secondary N) is 4. The molecular formula is C24H35N5O5S. The normalized spacial score (nSPS) is 20.7. The third kappa shape index (κ3) is 7.61. The fourth-order valence-electron chi connectivity index (χ4n) is 4.17. The molecule has 3 unspecified atom stereocenters. The van der Waals surface area contributed by atoms with Crippen LogP contribution in [0.1, 0.15) is 50.8 Å². The van der Waals surface area contributed by atoms with Gasteiger partial charge in [0.1, 0.15) is 6.04 Å². The van der Waals surface area contributed by atoms with Gasteiger partial charge in [-0.15, -0.1) is 0 Å². The van der Waals surface area contributed by atoms with E-state index in [4.69, 9.17) is 0 Å². The fraction of sp³-hybridized carbons (Fsp3) is 0.542. The average molecular weight is 506 g/mol. The van der Waals surface area contributed by atoms with Gasteiger partial charge in [0.05, 0.1) is 17.1 Å². The molecule has 2 heterocycles. The second kappa shape index (κ2) is 12.3. The van der Waals surface area contributed by atoms with E-state index in [-0.39, 0.29) is 17.2 Å². The Morgan fingerprint density at radius 3 is 2.66 bits per heavy atom. The Hall–Kier alpha value is -2.76. The Bertz CT molecular complexity index is 1090. The SMILES string of the molecule is CC(C)CC(NS(=O)(=O)c1ccccc1)C(=O)NC1CCCc2cn[nH]c2CCCNC(=O)C1O. The molecule has 10 nitrogen and oxygen atoms in total. The van der Waals surface area contributed by atoms with Crippen LogP contribution >= 0.6 is 0 Å². The highest BCUT2D eigenvalue weighted by atomic mass is 32.2. The molecule has 5 N–H and O–H groups in total. The number of fused-ring (bicyclic) bond motifs is 1. The third-order valence-corrected chi connectivity index (χ3v) is 7.51. The molecule has 1 aromatic heterocycles. The summed E-state index contributed by atoms with van der Waals surface area (Å²) in [7, 11) is -3.94. The zero-order valence-electron chi connectivity index (χ0n) is 20.2. The molecule has 3 atom stereocenters. The maximum absolute atomic E-state index is 13.2. The van der Waals surface area contributed by atoms with Gasteiger partial charge in [0.2, 0.25) is 15.9 Å². The first-order chi connectivity index (χ1) is 16.7. The number of aromatic nitrogens is 2. The van der Waals surface area contributed by atoms with Crippen LogP contribution in [0.4, 0.5) is 0 Å². The van der Waals surface area contributed by atoms with Crippen molar-refractivity contribution in [1.82, 2.24) is 25.6 Å². The summed E-state index contributed by atoms with van der Waals surface area (Å²) in [6.45, 7) is 4.15. The molecular weight excluding hydrogens is 470 g/mol. The van der Waals surface area contributed by atoms with Crippen molar-refractivity contribution < 1.29 is 23.1 Å². The molecule has 3 rings (SSSR count). The summed E-state index contributed by atoms with van der Waals surface area (Å²) < 4.78 is 28.2. The molecule has 0 saturated carbocycles. The smallest absolute Gasteiger partial charge is 0.250 e. The van der Waals surface area contributed by atoms with Crippen molar-refractivity contribution >= 4 is 21.8 Å². The van der Waals surface area contributed by atoms with Gasteiger partial charge in [-0.2, -0.15) is 9.82 Å². The number of nitrogens with zero attached hydrogens (tertiary/aromatic N) is 1. The van der Waals surface area contributed by atoms with E-state index in [1.54, 1.807) is 24.4 Å². The van der Waals surface area contributed by atoms with Gasteiger partial charge in [-0.1, -0.05) is 32.0 Å². The fourth-order valence-corrected chi connectivity index (χ4v) is 5.40. The Morgan fingerprint density at radius 2 is 1.94 bits per heavy atom. The Balaban J connectivity index is 1.76. The topological polar surface area (TPSA) is 153 Å². The number of sulfonamides is 1. The van der Waals surface area contributed by atoms with E-state index in [9.17, 15) is 23.1 Å². The number of aromatic amines is 1. The van der Waals surface area contributed by atoms with E-state index < -0.39 is 40.0 Å². The number of hydrogen-bond donors (Lipinski definition) is 5. The van der Waals surface area contributed by atoms with Crippen LogP contribution < -0.4 is 15.4 Å². The molecule has 0 aliphatic carbocycles. The van der Waals surface area contributed by atoms with Crippen LogP contribution in [0.15, 0.2) is 41.4 Å². The van der Waals surface area contributed by atoms with Gasteiger partial charge >= 0.3 is 0 Å². The van der Waals surface area contributed by atoms with Crippen molar-refractivity contribution in [2.24, 2.45) is 5.92 Å². The predicted molar refractivity (Wildman–Crippen MR) is 131 cm³/mol. The zero-order chi connectivity index (χ0) is 25.4. The highest BCUT2D eigenvalue weighted by Crippen LogP contribution is 2.16. The Kier molecular flexibility index (Phi) is 9.41. The van der Waals surface area contributed by atoms with E-state index in [0.717, 1.165) is 17.7 Å². The quantitative estimate of drug-likeness (QED) is 0.379. The second-order valence-corrected chi connectivity index (χ2v) is 11.1. The molecule has 1 aliphatic heterocycles. The van der Waals surface area contributed by atoms with Crippen molar-refractivity contribution in [2.45, 2.75) is 75.5 Å². The third-order valence-electron chi connectivity index (χ3n) is 6.02. The Labute approximate surface area is 206 Å². The van der Waals surface area contributed by atoms with Crippen LogP contribution in [0.5, 0.6) is 0 Å². The first-order valence-corrected chi connectivity index (χ1v) is 13.5. The van der Waals surface area contributed by atoms with Crippen molar-refractivity contribution in [2.75, 3.05) is 6.54 Å². The van der Waals surface area contributed by atoms with Crippen LogP contribution in [0.3, 0.4) is 0 Å². The van der Waals surface area contributed by atoms with Crippen molar-refractivity contribution in [3.63, 3.8) is 0 Å². The van der Waals surface area contributed by atoms with Gasteiger partial charge in [-0.25, -0.2) is 8.42 Å². The van der Waals surface area contributed by atoms with Gasteiger partial charge in [0.15, 0.2) is 6.10 Å². The summed E-state index contributed by atoms with van der Waals surface area (Å²) in [5.74, 6) is -1.12. The molecule has 11 heteroatoms. The number of carbonyl (C=O) groups is 2. The predicted octanol–water partition coefficient (Wildman–Crippen LogP) is 1.03. The lowest BCUT2D eigenvalue weighted by atomic mass is 9.98. The summed E-state index contributed by atoms with van der Waals surface area (Å²) in [5, 5.41) is 23.3. The molecule has 1 aliphatic rings. The van der Waals surface area contributed by atoms with E-state index >= 15 is 0 Å². The van der Waals surface area contributed by atoms with E-state index in [2.05, 4.69) is 25.6 Å². The number of carbonyl (C=O) groups excluding carboxylic acids is 2. The summed E-state index contributed by atoms with van der Waals surface area (Å²) in [4.78, 5) is 25.8. The standard InChI is InChI=1S/C24H35N5O5S/c1-16(2)14-21(29-35(33,34)18-9-4-3-5-10-18)23(31)27-20-11-6-8-17-15-26-28-19(17)12-7-13-25-24(32)22(20)30/h3-5,9-10,15-16,20-22,29-30H,6-8,11-14H2,1-2H3,(H,25,32)(H,26,28)(H,27,31). The highest BCUT2D eigenvalue weighted by Gasteiger charge is 2.32. The lowest BCUT2D eigenvalue weighted by molar-refractivity contribution is -0.132. The first-order valence-electron chi connectivity index (χ1n) is 12.0. The highest BCUT2D eigenvalue weighted by molar-refractivity contribution is 7.89. The van der Waals surface area contributed by atoms with E-state index in [1.807, 2.05) is 13.8 Å². The minimum absolute atomic E-state index is 0.0215. The molecule has 0 fully saturated rings. The Morgan fingerprint density at radius 1 is 1.20 bits per heavy atom. The molecule has 2 amide bonds. The van der Waals surface area contributed by atoms with Crippen molar-refractivity contribution in [3.8, 4) is 0 Å². The number of rotatable bonds is 7. The molecule has 1 aromatic carbocycles. The monoisotopic (exact) mass is 505 g/mol. The van der Waals surface area contributed by atoms with Crippen molar-refractivity contribution in [1.29, 1.82) is 0 Å². The average Bonchev–Trinajstić information content (AvgIpc) is 3.26. The van der Waals surface area contributed by atoms with Crippen LogP contribution in [0, 0.1) is 5.92 Å². The maximum Gasteiger partial charge on any atom is 0.250 e. The van der Waals surface area contributed by atoms with Crippen LogP contribution in [0.25, 0.3) is 0 Å².